The van der Waals surface area contributed by atoms with Gasteiger partial charge in [0.2, 0.25) is 17.7 Å². The van der Waals surface area contributed by atoms with E-state index in [1.54, 1.807) is 29.2 Å². The molecule has 18 heteroatoms. The van der Waals surface area contributed by atoms with Crippen molar-refractivity contribution in [2.75, 3.05) is 70.5 Å². The molecule has 3 fully saturated rings. The monoisotopic (exact) mass is 961 g/mol. The zero-order chi connectivity index (χ0) is 48.3. The van der Waals surface area contributed by atoms with Crippen molar-refractivity contribution < 1.29 is 47.7 Å². The van der Waals surface area contributed by atoms with Crippen LogP contribution in [0.15, 0.2) is 73.3 Å². The van der Waals surface area contributed by atoms with E-state index in [9.17, 15) is 29.1 Å². The van der Waals surface area contributed by atoms with E-state index < -0.39 is 35.5 Å². The van der Waals surface area contributed by atoms with E-state index >= 15 is 4.39 Å². The SMILES string of the molecule is C=CC(=O)N1CCN(c2nc(O[C@H](C)CN3CCC(OCCOCCCc4cccc5c4C(=O)N(C4CCC(=O)NC4=O)C5=O)CC3)nc3c(F)c(-c4cc(O)cc5ccccc45)c(Cl)cc23)CC1. The Morgan fingerprint density at radius 1 is 0.913 bits per heavy atom. The average Bonchev–Trinajstić information content (AvgIpc) is 3.60. The number of ether oxygens (including phenoxy) is 3. The lowest BCUT2D eigenvalue weighted by atomic mass is 9.96. The molecule has 2 atom stereocenters. The third kappa shape index (κ3) is 10.00. The number of anilines is 1. The second-order valence-electron chi connectivity index (χ2n) is 17.8. The average molecular weight is 962 g/mol. The lowest BCUT2D eigenvalue weighted by molar-refractivity contribution is -0.136. The standard InChI is InChI=1S/C51H53ClFN7O9/c1-3-42(63)58-19-21-59(22-20-58)47-38-28-39(52)44(37-27-33(61)26-32-8-4-5-11-35(32)37)45(53)46(38)55-51(56-47)69-30(2)29-57-17-15-34(16-18-57)68-25-24-67-23-7-10-31-9-6-12-36-43(31)50(66)60(49(36)65)40-13-14-41(62)54-48(40)64/h3-6,8-9,11-12,26-28,30,34,40,61H,1,7,10,13-25,29H2,2H3,(H,54,62,64)/t30-,40?/m1/s1. The molecule has 360 valence electrons. The number of hydrogen-bond acceptors (Lipinski definition) is 13. The first kappa shape index (κ1) is 47.5. The fourth-order valence-corrected chi connectivity index (χ4v) is 10.1. The number of nitrogens with one attached hydrogen (secondary N) is 1. The summed E-state index contributed by atoms with van der Waals surface area (Å²) in [6.45, 7) is 10.6. The number of rotatable bonds is 16. The molecular formula is C51H53ClFN7O9. The van der Waals surface area contributed by atoms with Crippen LogP contribution in [0.3, 0.4) is 0 Å². The summed E-state index contributed by atoms with van der Waals surface area (Å²) >= 11 is 6.91. The van der Waals surface area contributed by atoms with E-state index in [0.717, 1.165) is 36.2 Å². The minimum absolute atomic E-state index is 0.00782. The van der Waals surface area contributed by atoms with Crippen molar-refractivity contribution in [3.8, 4) is 22.9 Å². The van der Waals surface area contributed by atoms with Crippen LogP contribution < -0.4 is 15.0 Å². The summed E-state index contributed by atoms with van der Waals surface area (Å²) in [7, 11) is 0. The number of hydrogen-bond donors (Lipinski definition) is 2. The summed E-state index contributed by atoms with van der Waals surface area (Å²) in [6.07, 6.45) is 3.88. The third-order valence-corrected chi connectivity index (χ3v) is 13.5. The Labute approximate surface area is 402 Å². The zero-order valence-corrected chi connectivity index (χ0v) is 39.0. The molecule has 16 nitrogen and oxygen atoms in total. The molecule has 0 aliphatic carbocycles. The number of phenols is 1. The Kier molecular flexibility index (Phi) is 14.2. The minimum Gasteiger partial charge on any atom is -0.508 e. The van der Waals surface area contributed by atoms with Crippen LogP contribution in [0.5, 0.6) is 11.8 Å². The number of imide groups is 2. The number of halogens is 2. The van der Waals surface area contributed by atoms with E-state index in [1.165, 1.54) is 12.1 Å². The topological polar surface area (TPSA) is 184 Å². The molecule has 4 aromatic carbocycles. The van der Waals surface area contributed by atoms with E-state index in [4.69, 9.17) is 30.8 Å². The Morgan fingerprint density at radius 3 is 2.46 bits per heavy atom. The molecule has 4 aliphatic rings. The Balaban J connectivity index is 0.779. The fourth-order valence-electron chi connectivity index (χ4n) is 9.84. The number of piperazine rings is 1. The van der Waals surface area contributed by atoms with Gasteiger partial charge in [-0.15, -0.1) is 0 Å². The van der Waals surface area contributed by atoms with Gasteiger partial charge in [-0.25, -0.2) is 4.39 Å². The highest BCUT2D eigenvalue weighted by Gasteiger charge is 2.45. The van der Waals surface area contributed by atoms with Crippen LogP contribution in [0.2, 0.25) is 5.02 Å². The molecule has 1 unspecified atom stereocenters. The molecule has 0 bridgehead atoms. The molecule has 9 rings (SSSR count). The molecule has 0 spiro atoms. The predicted molar refractivity (Wildman–Crippen MR) is 256 cm³/mol. The van der Waals surface area contributed by atoms with Crippen molar-refractivity contribution in [2.45, 2.75) is 63.7 Å². The highest BCUT2D eigenvalue weighted by atomic mass is 35.5. The first-order chi connectivity index (χ1) is 33.4. The minimum atomic E-state index is -1.01. The fraction of sp³-hybridized carbons (Fsp3) is 0.392. The number of phenolic OH excluding ortho intramolecular Hbond substituents is 1. The van der Waals surface area contributed by atoms with Crippen molar-refractivity contribution in [3.63, 3.8) is 0 Å². The second-order valence-corrected chi connectivity index (χ2v) is 18.2. The number of benzene rings is 4. The smallest absolute Gasteiger partial charge is 0.319 e. The Hall–Kier alpha value is -6.53. The van der Waals surface area contributed by atoms with Crippen molar-refractivity contribution in [3.05, 3.63) is 101 Å². The Morgan fingerprint density at radius 2 is 1.70 bits per heavy atom. The molecule has 5 aromatic rings. The van der Waals surface area contributed by atoms with E-state index in [0.29, 0.717) is 98.7 Å². The van der Waals surface area contributed by atoms with Crippen molar-refractivity contribution >= 4 is 68.6 Å². The summed E-state index contributed by atoms with van der Waals surface area (Å²) < 4.78 is 35.5. The number of aromatic nitrogens is 2. The number of aryl methyl sites for hydroxylation is 1. The summed E-state index contributed by atoms with van der Waals surface area (Å²) in [4.78, 5) is 79.5. The van der Waals surface area contributed by atoms with Crippen LogP contribution in [0, 0.1) is 5.82 Å². The van der Waals surface area contributed by atoms with Gasteiger partial charge in [0.05, 0.1) is 35.5 Å². The quantitative estimate of drug-likeness (QED) is 0.0660. The maximum Gasteiger partial charge on any atom is 0.319 e. The number of likely N-dealkylation sites (tertiary alicyclic amines) is 1. The molecule has 2 N–H and O–H groups in total. The van der Waals surface area contributed by atoms with Gasteiger partial charge in [-0.3, -0.25) is 39.1 Å². The van der Waals surface area contributed by atoms with Crippen LogP contribution in [-0.2, 0) is 30.3 Å². The molecule has 4 aliphatic heterocycles. The van der Waals surface area contributed by atoms with Crippen LogP contribution in [0.4, 0.5) is 10.2 Å². The normalized spacial score (nSPS) is 18.5. The third-order valence-electron chi connectivity index (χ3n) is 13.3. The van der Waals surface area contributed by atoms with Crippen LogP contribution in [0.1, 0.15) is 65.3 Å². The molecule has 5 amide bonds. The zero-order valence-electron chi connectivity index (χ0n) is 38.3. The van der Waals surface area contributed by atoms with Crippen molar-refractivity contribution in [2.24, 2.45) is 0 Å². The number of carbonyl (C=O) groups excluding carboxylic acids is 5. The Bertz CT molecular complexity index is 2850. The predicted octanol–water partition coefficient (Wildman–Crippen LogP) is 6.08. The molecule has 69 heavy (non-hydrogen) atoms. The largest absolute Gasteiger partial charge is 0.508 e. The highest BCUT2D eigenvalue weighted by Crippen LogP contribution is 2.43. The van der Waals surface area contributed by atoms with Gasteiger partial charge < -0.3 is 29.1 Å². The molecule has 3 saturated heterocycles. The first-order valence-corrected chi connectivity index (χ1v) is 23.8. The number of piperidine rings is 2. The van der Waals surface area contributed by atoms with Crippen LogP contribution >= 0.6 is 11.6 Å². The van der Waals surface area contributed by atoms with Gasteiger partial charge in [-0.1, -0.05) is 54.6 Å². The molecular weight excluding hydrogens is 909 g/mol. The lowest BCUT2D eigenvalue weighted by Crippen LogP contribution is -2.54. The highest BCUT2D eigenvalue weighted by molar-refractivity contribution is 6.35. The van der Waals surface area contributed by atoms with Crippen LogP contribution in [-0.4, -0.2) is 143 Å². The van der Waals surface area contributed by atoms with Gasteiger partial charge in [-0.05, 0) is 91.3 Å². The number of aromatic hydroxyl groups is 1. The van der Waals surface area contributed by atoms with E-state index in [1.807, 2.05) is 42.2 Å². The first-order valence-electron chi connectivity index (χ1n) is 23.4. The van der Waals surface area contributed by atoms with Crippen LogP contribution in [0.25, 0.3) is 32.8 Å². The molecule has 5 heterocycles. The number of nitrogens with zero attached hydrogens (tertiary/aromatic N) is 6. The van der Waals surface area contributed by atoms with Gasteiger partial charge in [0, 0.05) is 69.8 Å². The number of amides is 5. The number of fused-ring (bicyclic) bond motifs is 3. The summed E-state index contributed by atoms with van der Waals surface area (Å²) in [5, 5.41) is 14.8. The summed E-state index contributed by atoms with van der Waals surface area (Å²) in [6, 6.07) is 16.3. The molecule has 1 aromatic heterocycles. The second kappa shape index (κ2) is 20.6. The summed E-state index contributed by atoms with van der Waals surface area (Å²) in [5.41, 5.74) is 1.83. The summed E-state index contributed by atoms with van der Waals surface area (Å²) in [5.74, 6) is -2.51. The van der Waals surface area contributed by atoms with Gasteiger partial charge >= 0.3 is 6.01 Å². The van der Waals surface area contributed by atoms with Crippen molar-refractivity contribution in [1.29, 1.82) is 0 Å². The van der Waals surface area contributed by atoms with Gasteiger partial charge in [0.15, 0.2) is 5.82 Å². The number of carbonyl (C=O) groups is 5. The molecule has 0 saturated carbocycles. The van der Waals surface area contributed by atoms with E-state index in [2.05, 4.69) is 21.8 Å². The van der Waals surface area contributed by atoms with Gasteiger partial charge in [0.25, 0.3) is 11.8 Å². The maximum absolute atomic E-state index is 17.1. The van der Waals surface area contributed by atoms with E-state index in [-0.39, 0.29) is 64.4 Å². The molecule has 0 radical (unpaired) electrons. The van der Waals surface area contributed by atoms with Crippen molar-refractivity contribution in [1.82, 2.24) is 30.0 Å². The van der Waals surface area contributed by atoms with Gasteiger partial charge in [-0.2, -0.15) is 9.97 Å². The lowest BCUT2D eigenvalue weighted by Gasteiger charge is -2.35. The van der Waals surface area contributed by atoms with Gasteiger partial charge in [0.1, 0.15) is 29.2 Å². The maximum atomic E-state index is 17.1.